The summed E-state index contributed by atoms with van der Waals surface area (Å²) in [6.45, 7) is 5.54. The monoisotopic (exact) mass is 261 g/mol. The molecular formula is C16H27N3. The van der Waals surface area contributed by atoms with Crippen molar-refractivity contribution in [1.82, 2.24) is 10.3 Å². The van der Waals surface area contributed by atoms with E-state index < -0.39 is 0 Å². The number of nitrogens with zero attached hydrogens (tertiary/aromatic N) is 2. The van der Waals surface area contributed by atoms with Gasteiger partial charge in [0.2, 0.25) is 0 Å². The Balaban J connectivity index is 1.89. The highest BCUT2D eigenvalue weighted by Gasteiger charge is 2.24. The van der Waals surface area contributed by atoms with Gasteiger partial charge in [0, 0.05) is 25.3 Å². The summed E-state index contributed by atoms with van der Waals surface area (Å²) in [5.74, 6) is 1.15. The molecule has 0 spiro atoms. The van der Waals surface area contributed by atoms with Gasteiger partial charge < -0.3 is 10.2 Å². The van der Waals surface area contributed by atoms with Crippen LogP contribution < -0.4 is 10.2 Å². The van der Waals surface area contributed by atoms with E-state index in [1.165, 1.54) is 37.7 Å². The normalized spacial score (nSPS) is 23.3. The summed E-state index contributed by atoms with van der Waals surface area (Å²) in [6, 6.07) is 5.54. The van der Waals surface area contributed by atoms with Crippen molar-refractivity contribution in [2.75, 3.05) is 18.5 Å². The Morgan fingerprint density at radius 1 is 1.32 bits per heavy atom. The molecule has 0 aliphatic heterocycles. The Labute approximate surface area is 117 Å². The molecule has 106 valence electrons. The number of rotatable bonds is 5. The van der Waals surface area contributed by atoms with E-state index in [0.29, 0.717) is 6.04 Å². The SMILES string of the molecule is CCCNC1CCC(N(C)c2ncccc2C)CC1. The molecule has 1 aromatic rings. The quantitative estimate of drug-likeness (QED) is 0.882. The Morgan fingerprint density at radius 2 is 2.05 bits per heavy atom. The van der Waals surface area contributed by atoms with Crippen LogP contribution in [0.15, 0.2) is 18.3 Å². The molecular weight excluding hydrogens is 234 g/mol. The van der Waals surface area contributed by atoms with Crippen LogP contribution in [0.2, 0.25) is 0 Å². The van der Waals surface area contributed by atoms with Crippen LogP contribution in [-0.2, 0) is 0 Å². The average Bonchev–Trinajstić information content (AvgIpc) is 2.45. The van der Waals surface area contributed by atoms with E-state index in [2.05, 4.69) is 42.2 Å². The maximum atomic E-state index is 4.53. The summed E-state index contributed by atoms with van der Waals surface area (Å²) in [5.41, 5.74) is 1.27. The van der Waals surface area contributed by atoms with Gasteiger partial charge in [0.25, 0.3) is 0 Å². The summed E-state index contributed by atoms with van der Waals surface area (Å²) in [5, 5.41) is 3.65. The number of pyridine rings is 1. The lowest BCUT2D eigenvalue weighted by molar-refractivity contribution is 0.336. The van der Waals surface area contributed by atoms with Gasteiger partial charge in [-0.2, -0.15) is 0 Å². The second-order valence-electron chi connectivity index (χ2n) is 5.71. The van der Waals surface area contributed by atoms with Crippen molar-refractivity contribution in [2.24, 2.45) is 0 Å². The van der Waals surface area contributed by atoms with Crippen molar-refractivity contribution in [3.05, 3.63) is 23.9 Å². The molecule has 1 aliphatic rings. The number of nitrogens with one attached hydrogen (secondary N) is 1. The number of hydrogen-bond donors (Lipinski definition) is 1. The molecule has 1 N–H and O–H groups in total. The van der Waals surface area contributed by atoms with Crippen molar-refractivity contribution in [3.63, 3.8) is 0 Å². The molecule has 3 nitrogen and oxygen atoms in total. The van der Waals surface area contributed by atoms with Crippen LogP contribution in [0.3, 0.4) is 0 Å². The Hall–Kier alpha value is -1.09. The number of anilines is 1. The maximum absolute atomic E-state index is 4.53. The molecule has 1 saturated carbocycles. The van der Waals surface area contributed by atoms with Crippen LogP contribution in [0.5, 0.6) is 0 Å². The molecule has 0 aromatic carbocycles. The summed E-state index contributed by atoms with van der Waals surface area (Å²) < 4.78 is 0. The molecule has 0 amide bonds. The second kappa shape index (κ2) is 6.90. The highest BCUT2D eigenvalue weighted by atomic mass is 15.2. The molecule has 0 atom stereocenters. The standard InChI is InChI=1S/C16H27N3/c1-4-11-17-14-7-9-15(10-8-14)19(3)16-13(2)6-5-12-18-16/h5-6,12,14-15,17H,4,7-11H2,1-3H3. The smallest absolute Gasteiger partial charge is 0.131 e. The Kier molecular flexibility index (Phi) is 5.20. The fraction of sp³-hybridized carbons (Fsp3) is 0.688. The van der Waals surface area contributed by atoms with Gasteiger partial charge in [0.15, 0.2) is 0 Å². The first-order valence-electron chi connectivity index (χ1n) is 7.60. The zero-order valence-electron chi connectivity index (χ0n) is 12.5. The summed E-state index contributed by atoms with van der Waals surface area (Å²) in [4.78, 5) is 6.91. The Bertz CT molecular complexity index is 383. The molecule has 1 aliphatic carbocycles. The van der Waals surface area contributed by atoms with Gasteiger partial charge in [-0.3, -0.25) is 0 Å². The highest BCUT2D eigenvalue weighted by Crippen LogP contribution is 2.26. The van der Waals surface area contributed by atoms with Gasteiger partial charge in [0.1, 0.15) is 5.82 Å². The molecule has 2 rings (SSSR count). The van der Waals surface area contributed by atoms with Crippen LogP contribution in [0.1, 0.15) is 44.6 Å². The molecule has 3 heteroatoms. The predicted molar refractivity (Wildman–Crippen MR) is 81.7 cm³/mol. The van der Waals surface area contributed by atoms with Crippen molar-refractivity contribution in [1.29, 1.82) is 0 Å². The second-order valence-corrected chi connectivity index (χ2v) is 5.71. The van der Waals surface area contributed by atoms with Gasteiger partial charge in [-0.1, -0.05) is 13.0 Å². The third-order valence-corrected chi connectivity index (χ3v) is 4.24. The molecule has 1 heterocycles. The van der Waals surface area contributed by atoms with Gasteiger partial charge in [-0.25, -0.2) is 4.98 Å². The van der Waals surface area contributed by atoms with E-state index in [1.54, 1.807) is 0 Å². The zero-order valence-corrected chi connectivity index (χ0v) is 12.5. The van der Waals surface area contributed by atoms with Crippen LogP contribution in [-0.4, -0.2) is 30.7 Å². The lowest BCUT2D eigenvalue weighted by Crippen LogP contribution is -2.41. The molecule has 0 saturated heterocycles. The van der Waals surface area contributed by atoms with E-state index >= 15 is 0 Å². The topological polar surface area (TPSA) is 28.2 Å². The summed E-state index contributed by atoms with van der Waals surface area (Å²) in [7, 11) is 2.19. The van der Waals surface area contributed by atoms with Crippen LogP contribution in [0.25, 0.3) is 0 Å². The highest BCUT2D eigenvalue weighted by molar-refractivity contribution is 5.46. The van der Waals surface area contributed by atoms with E-state index in [9.17, 15) is 0 Å². The predicted octanol–water partition coefficient (Wildman–Crippen LogP) is 3.14. The summed E-state index contributed by atoms with van der Waals surface area (Å²) >= 11 is 0. The van der Waals surface area contributed by atoms with Gasteiger partial charge >= 0.3 is 0 Å². The molecule has 0 radical (unpaired) electrons. The largest absolute Gasteiger partial charge is 0.356 e. The third kappa shape index (κ3) is 3.69. The molecule has 0 bridgehead atoms. The third-order valence-electron chi connectivity index (χ3n) is 4.24. The van der Waals surface area contributed by atoms with E-state index in [1.807, 2.05) is 12.3 Å². The fourth-order valence-electron chi connectivity index (χ4n) is 3.04. The average molecular weight is 261 g/mol. The minimum absolute atomic E-state index is 0.647. The lowest BCUT2D eigenvalue weighted by Gasteiger charge is -2.36. The number of hydrogen-bond acceptors (Lipinski definition) is 3. The molecule has 1 aromatic heterocycles. The first-order valence-corrected chi connectivity index (χ1v) is 7.60. The summed E-state index contributed by atoms with van der Waals surface area (Å²) in [6.07, 6.45) is 8.25. The molecule has 19 heavy (non-hydrogen) atoms. The molecule has 0 unspecified atom stereocenters. The Morgan fingerprint density at radius 3 is 2.68 bits per heavy atom. The van der Waals surface area contributed by atoms with Gasteiger partial charge in [-0.15, -0.1) is 0 Å². The maximum Gasteiger partial charge on any atom is 0.131 e. The van der Waals surface area contributed by atoms with E-state index in [4.69, 9.17) is 0 Å². The van der Waals surface area contributed by atoms with Crippen molar-refractivity contribution < 1.29 is 0 Å². The van der Waals surface area contributed by atoms with E-state index in [-0.39, 0.29) is 0 Å². The molecule has 1 fully saturated rings. The first-order chi connectivity index (χ1) is 9.22. The van der Waals surface area contributed by atoms with Gasteiger partial charge in [-0.05, 0) is 57.2 Å². The number of aromatic nitrogens is 1. The minimum atomic E-state index is 0.647. The van der Waals surface area contributed by atoms with Gasteiger partial charge in [0.05, 0.1) is 0 Å². The minimum Gasteiger partial charge on any atom is -0.356 e. The van der Waals surface area contributed by atoms with Crippen LogP contribution in [0.4, 0.5) is 5.82 Å². The lowest BCUT2D eigenvalue weighted by atomic mass is 9.90. The van der Waals surface area contributed by atoms with Crippen molar-refractivity contribution >= 4 is 5.82 Å². The van der Waals surface area contributed by atoms with Crippen molar-refractivity contribution in [2.45, 2.75) is 58.0 Å². The van der Waals surface area contributed by atoms with E-state index in [0.717, 1.165) is 18.4 Å². The zero-order chi connectivity index (χ0) is 13.7. The van der Waals surface area contributed by atoms with Crippen molar-refractivity contribution in [3.8, 4) is 0 Å². The first kappa shape index (κ1) is 14.3. The fourth-order valence-corrected chi connectivity index (χ4v) is 3.04. The number of aryl methyl sites for hydroxylation is 1. The van der Waals surface area contributed by atoms with Crippen LogP contribution >= 0.6 is 0 Å². The van der Waals surface area contributed by atoms with Crippen LogP contribution in [0, 0.1) is 6.92 Å².